The molecule has 1 aliphatic rings. The molecule has 0 saturated heterocycles. The predicted octanol–water partition coefficient (Wildman–Crippen LogP) is 2.57. The second-order valence-electron chi connectivity index (χ2n) is 4.96. The van der Waals surface area contributed by atoms with Gasteiger partial charge in [-0.3, -0.25) is 4.79 Å². The van der Waals surface area contributed by atoms with Crippen LogP contribution < -0.4 is 10.4 Å². The van der Waals surface area contributed by atoms with Crippen LogP contribution in [0.5, 0.6) is 0 Å². The Morgan fingerprint density at radius 1 is 1.20 bits per heavy atom. The van der Waals surface area contributed by atoms with Gasteiger partial charge in [-0.05, 0) is 55.3 Å². The molecule has 1 aromatic carbocycles. The number of fused-ring (bicyclic) bond motifs is 1. The maximum atomic E-state index is 12.2. The number of carbonyl (C=O) groups excluding carboxylic acids is 1. The van der Waals surface area contributed by atoms with E-state index in [9.17, 15) is 4.79 Å². The number of halogens is 1. The number of carbonyl (C=O) groups is 1. The minimum atomic E-state index is 0.0904. The molecule has 1 aromatic rings. The summed E-state index contributed by atoms with van der Waals surface area (Å²) in [6.45, 7) is 2.23. The van der Waals surface area contributed by atoms with Crippen LogP contribution in [0.2, 0.25) is 0 Å². The Bertz CT molecular complexity index is 604. The average molecular weight is 401 g/mol. The number of hydrogen-bond acceptors (Lipinski definition) is 1. The minimum absolute atomic E-state index is 0.0904. The van der Waals surface area contributed by atoms with Crippen LogP contribution in [0.15, 0.2) is 18.2 Å². The molecule has 0 saturated carbocycles. The van der Waals surface area contributed by atoms with Crippen LogP contribution in [0.3, 0.4) is 0 Å². The molecule has 1 heterocycles. The van der Waals surface area contributed by atoms with Gasteiger partial charge in [-0.25, -0.2) is 0 Å². The highest BCUT2D eigenvalue weighted by atomic mass is 127. The maximum Gasteiger partial charge on any atom is 0.211 e. The second-order valence-corrected chi connectivity index (χ2v) is 8.23. The molecule has 0 atom stereocenters. The van der Waals surface area contributed by atoms with Crippen molar-refractivity contribution in [2.75, 3.05) is 11.5 Å². The van der Waals surface area contributed by atoms with E-state index >= 15 is 0 Å². The van der Waals surface area contributed by atoms with Crippen molar-refractivity contribution in [2.45, 2.75) is 32.6 Å². The zero-order valence-corrected chi connectivity index (χ0v) is 15.0. The van der Waals surface area contributed by atoms with Crippen molar-refractivity contribution < 1.29 is 4.79 Å². The fourth-order valence-corrected chi connectivity index (χ4v) is 4.87. The zero-order chi connectivity index (χ0) is 14.2. The van der Waals surface area contributed by atoms with Gasteiger partial charge < -0.3 is 0 Å². The molecule has 2 rings (SSSR count). The molecule has 0 spiro atoms. The summed E-state index contributed by atoms with van der Waals surface area (Å²) in [7, 11) is 0. The minimum Gasteiger partial charge on any atom is -0.289 e. The molecule has 0 aliphatic carbocycles. The van der Waals surface area contributed by atoms with Gasteiger partial charge in [0.1, 0.15) is 5.75 Å². The van der Waals surface area contributed by atoms with E-state index in [-0.39, 0.29) is 20.7 Å². The second kappa shape index (κ2) is 8.78. The Morgan fingerprint density at radius 3 is 2.95 bits per heavy atom. The SMILES string of the molecule is CCCCCC[SH+]CC(=O)c1ccc2c(c1)=CC=IC=2. The highest BCUT2D eigenvalue weighted by molar-refractivity contribution is 14.2. The van der Waals surface area contributed by atoms with E-state index < -0.39 is 0 Å². The molecule has 0 unspecified atom stereocenters. The lowest BCUT2D eigenvalue weighted by molar-refractivity contribution is 0.102. The first-order valence-corrected chi connectivity index (χ1v) is 11.0. The van der Waals surface area contributed by atoms with Gasteiger partial charge in [0.05, 0.1) is 0 Å². The third-order valence-electron chi connectivity index (χ3n) is 3.33. The Hall–Kier alpha value is -0.420. The van der Waals surface area contributed by atoms with Crippen molar-refractivity contribution in [1.29, 1.82) is 0 Å². The van der Waals surface area contributed by atoms with Crippen molar-refractivity contribution in [2.24, 2.45) is 0 Å². The molecule has 0 bridgehead atoms. The molecular formula is C17H22IOS+. The largest absolute Gasteiger partial charge is 0.289 e. The van der Waals surface area contributed by atoms with E-state index in [4.69, 9.17) is 0 Å². The van der Waals surface area contributed by atoms with Gasteiger partial charge in [-0.15, -0.1) is 0 Å². The lowest BCUT2D eigenvalue weighted by Crippen LogP contribution is -2.26. The van der Waals surface area contributed by atoms with Gasteiger partial charge in [-0.1, -0.05) is 52.6 Å². The number of Topliss-reactive ketones (excluding diaryl/α,β-unsaturated/α-hetero) is 1. The summed E-state index contributed by atoms with van der Waals surface area (Å²) in [5.74, 6) is 2.12. The zero-order valence-electron chi connectivity index (χ0n) is 11.9. The first-order chi connectivity index (χ1) is 9.81. The molecule has 20 heavy (non-hydrogen) atoms. The molecule has 1 nitrogen and oxygen atoms in total. The van der Waals surface area contributed by atoms with Gasteiger partial charge in [-0.2, -0.15) is 0 Å². The van der Waals surface area contributed by atoms with Crippen molar-refractivity contribution in [3.05, 3.63) is 34.2 Å². The van der Waals surface area contributed by atoms with Crippen molar-refractivity contribution in [1.82, 2.24) is 0 Å². The first-order valence-electron chi connectivity index (χ1n) is 7.23. The first kappa shape index (κ1) is 16.0. The molecule has 3 heteroatoms. The Morgan fingerprint density at radius 2 is 2.10 bits per heavy atom. The summed E-state index contributed by atoms with van der Waals surface area (Å²) in [6, 6.07) is 6.15. The van der Waals surface area contributed by atoms with Gasteiger partial charge >= 0.3 is 0 Å². The Labute approximate surface area is 135 Å². The van der Waals surface area contributed by atoms with Crippen molar-refractivity contribution in [3.63, 3.8) is 0 Å². The summed E-state index contributed by atoms with van der Waals surface area (Å²) in [4.78, 5) is 12.2. The average Bonchev–Trinajstić information content (AvgIpc) is 2.50. The monoisotopic (exact) mass is 401 g/mol. The van der Waals surface area contributed by atoms with Crippen LogP contribution in [-0.2, 0) is 11.8 Å². The standard InChI is InChI=1S/C17H21IOS/c1-2-3-4-5-10-20-13-17(19)15-6-7-16-12-18-9-8-14(16)11-15/h6-9,11-12H,2-5,10,13H2,1H3/p+1. The maximum absolute atomic E-state index is 12.2. The summed E-state index contributed by atoms with van der Waals surface area (Å²) in [5.41, 5.74) is 0.878. The van der Waals surface area contributed by atoms with E-state index in [1.165, 1.54) is 47.9 Å². The van der Waals surface area contributed by atoms with Gasteiger partial charge in [0.25, 0.3) is 0 Å². The summed E-state index contributed by atoms with van der Waals surface area (Å²) >= 11 is 1.37. The van der Waals surface area contributed by atoms with Crippen LogP contribution in [0, 0.1) is 0 Å². The molecule has 108 valence electrons. The van der Waals surface area contributed by atoms with E-state index in [0.29, 0.717) is 11.5 Å². The number of rotatable bonds is 8. The summed E-state index contributed by atoms with van der Waals surface area (Å²) in [5, 5.41) is 2.51. The van der Waals surface area contributed by atoms with Crippen molar-refractivity contribution >= 4 is 52.4 Å². The predicted molar refractivity (Wildman–Crippen MR) is 102 cm³/mol. The molecule has 0 fully saturated rings. The topological polar surface area (TPSA) is 17.1 Å². The van der Waals surface area contributed by atoms with E-state index in [1.807, 2.05) is 6.07 Å². The summed E-state index contributed by atoms with van der Waals surface area (Å²) in [6.07, 6.45) is 7.33. The van der Waals surface area contributed by atoms with Gasteiger partial charge in [0, 0.05) is 5.56 Å². The molecule has 0 aromatic heterocycles. The van der Waals surface area contributed by atoms with Crippen LogP contribution in [0.4, 0.5) is 0 Å². The van der Waals surface area contributed by atoms with Crippen LogP contribution >= 0.6 is 20.7 Å². The van der Waals surface area contributed by atoms with Gasteiger partial charge in [0.15, 0.2) is 5.75 Å². The van der Waals surface area contributed by atoms with E-state index in [2.05, 4.69) is 33.2 Å². The lowest BCUT2D eigenvalue weighted by atomic mass is 10.1. The van der Waals surface area contributed by atoms with E-state index in [0.717, 1.165) is 11.3 Å². The Balaban J connectivity index is 1.85. The lowest BCUT2D eigenvalue weighted by Gasteiger charge is -1.99. The number of benzene rings is 1. The number of thiol groups is 1. The molecule has 0 amide bonds. The fraction of sp³-hybridized carbons (Fsp3) is 0.412. The third-order valence-corrected chi connectivity index (χ3v) is 6.28. The molecular weight excluding hydrogens is 379 g/mol. The van der Waals surface area contributed by atoms with E-state index in [1.54, 1.807) is 0 Å². The van der Waals surface area contributed by atoms with Gasteiger partial charge in [0.2, 0.25) is 5.78 Å². The number of ketones is 1. The summed E-state index contributed by atoms with van der Waals surface area (Å²) < 4.78 is 4.57. The number of unbranched alkanes of at least 4 members (excludes halogenated alkanes) is 3. The van der Waals surface area contributed by atoms with Crippen molar-refractivity contribution in [3.8, 4) is 0 Å². The fourth-order valence-electron chi connectivity index (χ4n) is 2.12. The van der Waals surface area contributed by atoms with Crippen LogP contribution in [-0.4, -0.2) is 21.3 Å². The van der Waals surface area contributed by atoms with Crippen LogP contribution in [0.1, 0.15) is 43.0 Å². The number of hydrogen-bond donors (Lipinski definition) is 0. The highest BCUT2D eigenvalue weighted by Gasteiger charge is 2.10. The normalized spacial score (nSPS) is 12.8. The smallest absolute Gasteiger partial charge is 0.211 e. The molecule has 0 radical (unpaired) electrons. The quantitative estimate of drug-likeness (QED) is 0.215. The molecule has 1 aliphatic heterocycles. The highest BCUT2D eigenvalue weighted by Crippen LogP contribution is 2.02. The Kier molecular flexibility index (Phi) is 7.00. The van der Waals surface area contributed by atoms with Crippen LogP contribution in [0.25, 0.3) is 10.2 Å². The molecule has 0 N–H and O–H groups in total. The third kappa shape index (κ3) is 4.85.